The summed E-state index contributed by atoms with van der Waals surface area (Å²) in [5.74, 6) is -3.60. The van der Waals surface area contributed by atoms with Gasteiger partial charge >= 0.3 is 0 Å². The van der Waals surface area contributed by atoms with Gasteiger partial charge < -0.3 is 9.74 Å². The zero-order chi connectivity index (χ0) is 24.8. The van der Waals surface area contributed by atoms with Gasteiger partial charge in [0.1, 0.15) is 29.0 Å². The Morgan fingerprint density at radius 1 is 1.24 bits per heavy atom. The summed E-state index contributed by atoms with van der Waals surface area (Å²) in [6.07, 6.45) is 2.84. The molecule has 34 heavy (non-hydrogen) atoms. The van der Waals surface area contributed by atoms with Crippen LogP contribution in [0.3, 0.4) is 0 Å². The molecule has 3 heterocycles. The van der Waals surface area contributed by atoms with Gasteiger partial charge in [-0.15, -0.1) is 0 Å². The molecule has 1 aromatic heterocycles. The molecule has 1 fully saturated rings. The zero-order valence-electron chi connectivity index (χ0n) is 18.6. The molecule has 0 radical (unpaired) electrons. The summed E-state index contributed by atoms with van der Waals surface area (Å²) in [5.41, 5.74) is -1.26. The molecule has 1 aromatic carbocycles. The maximum atomic E-state index is 15.1. The van der Waals surface area contributed by atoms with Gasteiger partial charge in [-0.05, 0) is 25.5 Å². The van der Waals surface area contributed by atoms with E-state index in [0.29, 0.717) is 23.5 Å². The van der Waals surface area contributed by atoms with Crippen molar-refractivity contribution in [2.75, 3.05) is 19.3 Å². The predicted molar refractivity (Wildman–Crippen MR) is 118 cm³/mol. The van der Waals surface area contributed by atoms with Gasteiger partial charge in [0, 0.05) is 42.6 Å². The monoisotopic (exact) mass is 498 g/mol. The number of amidine groups is 1. The van der Waals surface area contributed by atoms with Gasteiger partial charge in [0.15, 0.2) is 6.10 Å². The van der Waals surface area contributed by atoms with Gasteiger partial charge in [0.25, 0.3) is 0 Å². The molecule has 0 amide bonds. The topological polar surface area (TPSA) is 84.2 Å². The van der Waals surface area contributed by atoms with Crippen molar-refractivity contribution in [2.24, 2.45) is 15.5 Å². The number of aryl methyl sites for hydroxylation is 1. The van der Waals surface area contributed by atoms with Crippen LogP contribution >= 0.6 is 0 Å². The van der Waals surface area contributed by atoms with E-state index in [4.69, 9.17) is 4.84 Å². The molecule has 12 heteroatoms. The molecular weight excluding hydrogens is 476 g/mol. The fourth-order valence-corrected chi connectivity index (χ4v) is 4.47. The second-order valence-corrected chi connectivity index (χ2v) is 10.4. The van der Waals surface area contributed by atoms with Crippen molar-refractivity contribution in [1.29, 1.82) is 0 Å². The fourth-order valence-electron chi connectivity index (χ4n) is 4.10. The SMILES string of the molecule is Cc1cnc([C@@H]2CC(N3CC(C=NS(C)(=O)=O)[C@@](C)(F)C3)=NO2)c(-c2c(F)cc(F)cc2F)c1. The van der Waals surface area contributed by atoms with Gasteiger partial charge in [0.2, 0.25) is 10.0 Å². The fraction of sp³-hybridized carbons (Fsp3) is 0.409. The van der Waals surface area contributed by atoms with Crippen LogP contribution in [0.2, 0.25) is 0 Å². The van der Waals surface area contributed by atoms with Crippen molar-refractivity contribution in [1.82, 2.24) is 9.88 Å². The second kappa shape index (κ2) is 8.64. The highest BCUT2D eigenvalue weighted by molar-refractivity contribution is 7.89. The van der Waals surface area contributed by atoms with E-state index in [2.05, 4.69) is 14.5 Å². The summed E-state index contributed by atoms with van der Waals surface area (Å²) in [6.45, 7) is 3.09. The summed E-state index contributed by atoms with van der Waals surface area (Å²) >= 11 is 0. The zero-order valence-corrected chi connectivity index (χ0v) is 19.4. The van der Waals surface area contributed by atoms with Crippen LogP contribution in [0.4, 0.5) is 17.6 Å². The van der Waals surface area contributed by atoms with E-state index in [1.807, 2.05) is 0 Å². The number of halogens is 4. The van der Waals surface area contributed by atoms with Gasteiger partial charge in [-0.3, -0.25) is 4.98 Å². The molecule has 1 unspecified atom stereocenters. The van der Waals surface area contributed by atoms with E-state index in [1.54, 1.807) is 11.8 Å². The maximum absolute atomic E-state index is 15.1. The molecule has 182 valence electrons. The first-order valence-electron chi connectivity index (χ1n) is 10.4. The quantitative estimate of drug-likeness (QED) is 0.471. The minimum Gasteiger partial charge on any atom is -0.384 e. The number of alkyl halides is 1. The molecule has 3 atom stereocenters. The first kappa shape index (κ1) is 24.1. The van der Waals surface area contributed by atoms with Crippen molar-refractivity contribution in [3.05, 3.63) is 53.1 Å². The number of nitrogens with zero attached hydrogens (tertiary/aromatic N) is 4. The Bertz CT molecular complexity index is 1270. The lowest BCUT2D eigenvalue weighted by Gasteiger charge is -2.19. The summed E-state index contributed by atoms with van der Waals surface area (Å²) in [6, 6.07) is 2.70. The number of rotatable bonds is 4. The third kappa shape index (κ3) is 4.91. The molecule has 1 saturated heterocycles. The minimum atomic E-state index is -3.65. The van der Waals surface area contributed by atoms with Crippen LogP contribution in [0.15, 0.2) is 33.9 Å². The number of hydrogen-bond donors (Lipinski definition) is 0. The molecule has 2 aliphatic heterocycles. The summed E-state index contributed by atoms with van der Waals surface area (Å²) < 4.78 is 83.6. The number of oxime groups is 1. The van der Waals surface area contributed by atoms with E-state index in [9.17, 15) is 21.6 Å². The molecule has 2 aliphatic rings. The lowest BCUT2D eigenvalue weighted by Crippen LogP contribution is -2.32. The highest BCUT2D eigenvalue weighted by Gasteiger charge is 2.45. The first-order chi connectivity index (χ1) is 15.8. The maximum Gasteiger partial charge on any atom is 0.249 e. The summed E-state index contributed by atoms with van der Waals surface area (Å²) in [4.78, 5) is 11.4. The Hall–Kier alpha value is -3.02. The molecule has 0 saturated carbocycles. The van der Waals surface area contributed by atoms with Crippen LogP contribution in [0.25, 0.3) is 11.1 Å². The average molecular weight is 499 g/mol. The molecule has 0 N–H and O–H groups in total. The number of aromatic nitrogens is 1. The van der Waals surface area contributed by atoms with Gasteiger partial charge in [-0.25, -0.2) is 26.0 Å². The van der Waals surface area contributed by atoms with E-state index in [-0.39, 0.29) is 30.8 Å². The van der Waals surface area contributed by atoms with E-state index < -0.39 is 50.7 Å². The molecule has 0 bridgehead atoms. The first-order valence-corrected chi connectivity index (χ1v) is 12.2. The van der Waals surface area contributed by atoms with Crippen molar-refractivity contribution in [3.8, 4) is 11.1 Å². The molecule has 4 rings (SSSR count). The minimum absolute atomic E-state index is 0.0717. The standard InChI is InChI=1S/C22H22F4N4O3S/c1-12-4-15(20-16(24)5-14(23)6-17(20)25)21(27-8-12)18-7-19(29-33-18)30-10-13(22(2,26)11-30)9-28-34(3,31)32/h4-6,8-9,13,18H,7,10-11H2,1-3H3/t13?,18-,22-/m0/s1. The highest BCUT2D eigenvalue weighted by atomic mass is 32.2. The Morgan fingerprint density at radius 3 is 2.56 bits per heavy atom. The third-order valence-electron chi connectivity index (χ3n) is 5.78. The smallest absolute Gasteiger partial charge is 0.249 e. The average Bonchev–Trinajstić information content (AvgIpc) is 3.29. The van der Waals surface area contributed by atoms with Crippen molar-refractivity contribution >= 4 is 22.1 Å². The van der Waals surface area contributed by atoms with E-state index in [0.717, 1.165) is 12.5 Å². The Labute approximate surface area is 194 Å². The third-order valence-corrected chi connectivity index (χ3v) is 6.28. The van der Waals surface area contributed by atoms with E-state index in [1.165, 1.54) is 19.2 Å². The number of pyridine rings is 1. The van der Waals surface area contributed by atoms with Crippen LogP contribution in [-0.2, 0) is 14.9 Å². The second-order valence-electron chi connectivity index (χ2n) is 8.75. The van der Waals surface area contributed by atoms with Crippen LogP contribution in [-0.4, -0.2) is 55.4 Å². The van der Waals surface area contributed by atoms with Crippen LogP contribution in [0.5, 0.6) is 0 Å². The van der Waals surface area contributed by atoms with Crippen molar-refractivity contribution in [2.45, 2.75) is 32.0 Å². The van der Waals surface area contributed by atoms with Crippen LogP contribution in [0, 0.1) is 30.3 Å². The number of hydrogen-bond acceptors (Lipinski definition) is 6. The molecular formula is C22H22F4N4O3S. The van der Waals surface area contributed by atoms with Crippen LogP contribution in [0.1, 0.15) is 30.7 Å². The highest BCUT2D eigenvalue weighted by Crippen LogP contribution is 2.39. The van der Waals surface area contributed by atoms with Gasteiger partial charge in [-0.1, -0.05) is 5.16 Å². The number of likely N-dealkylation sites (tertiary alicyclic amines) is 1. The predicted octanol–water partition coefficient (Wildman–Crippen LogP) is 3.94. The Kier molecular flexibility index (Phi) is 6.13. The van der Waals surface area contributed by atoms with Gasteiger partial charge in [0.05, 0.1) is 30.5 Å². The van der Waals surface area contributed by atoms with Crippen molar-refractivity contribution < 1.29 is 30.8 Å². The lowest BCUT2D eigenvalue weighted by molar-refractivity contribution is 0.0828. The molecule has 0 aliphatic carbocycles. The Balaban J connectivity index is 1.59. The number of benzene rings is 1. The molecule has 2 aromatic rings. The summed E-state index contributed by atoms with van der Waals surface area (Å²) in [5, 5.41) is 4.03. The van der Waals surface area contributed by atoms with Crippen LogP contribution < -0.4 is 0 Å². The number of sulfonamides is 1. The molecule has 0 spiro atoms. The van der Waals surface area contributed by atoms with Gasteiger partial charge in [-0.2, -0.15) is 4.40 Å². The lowest BCUT2D eigenvalue weighted by atomic mass is 9.96. The molecule has 7 nitrogen and oxygen atoms in total. The van der Waals surface area contributed by atoms with Crippen molar-refractivity contribution in [3.63, 3.8) is 0 Å². The normalized spacial score (nSPS) is 25.1. The Morgan fingerprint density at radius 2 is 1.91 bits per heavy atom. The largest absolute Gasteiger partial charge is 0.384 e. The summed E-state index contributed by atoms with van der Waals surface area (Å²) in [7, 11) is -3.65. The van der Waals surface area contributed by atoms with E-state index >= 15 is 4.39 Å².